The highest BCUT2D eigenvalue weighted by molar-refractivity contribution is 7.92. The van der Waals surface area contributed by atoms with Crippen LogP contribution in [0, 0.1) is 0 Å². The Labute approximate surface area is 220 Å². The van der Waals surface area contributed by atoms with E-state index < -0.39 is 26.7 Å². The molecule has 2 amide bonds. The van der Waals surface area contributed by atoms with Crippen LogP contribution in [0.3, 0.4) is 0 Å². The number of halogens is 3. The Morgan fingerprint density at radius 2 is 1.74 bits per heavy atom. The lowest BCUT2D eigenvalue weighted by atomic mass is 10.2. The van der Waals surface area contributed by atoms with Gasteiger partial charge in [-0.3, -0.25) is 18.7 Å². The summed E-state index contributed by atoms with van der Waals surface area (Å²) in [5.74, 6) is 0.0701. The first-order valence-electron chi connectivity index (χ1n) is 11.1. The number of carbonyl (C=O) groups is 2. The van der Waals surface area contributed by atoms with Crippen LogP contribution in [-0.2, 0) is 35.4 Å². The fraction of sp³-hybridized carbons (Fsp3) is 0.417. The number of nitrogens with one attached hydrogen (secondary N) is 2. The third kappa shape index (κ3) is 10.2. The van der Waals surface area contributed by atoms with Crippen molar-refractivity contribution in [1.29, 1.82) is 0 Å². The zero-order valence-corrected chi connectivity index (χ0v) is 22.7. The number of hydrogen-bond donors (Lipinski definition) is 2. The van der Waals surface area contributed by atoms with Gasteiger partial charge in [0.15, 0.2) is 0 Å². The number of fused-ring (bicyclic) bond motifs is 1. The molecule has 2 aromatic rings. The van der Waals surface area contributed by atoms with Crippen LogP contribution < -0.4 is 19.8 Å². The van der Waals surface area contributed by atoms with E-state index in [1.807, 2.05) is 20.8 Å². The van der Waals surface area contributed by atoms with E-state index >= 15 is 0 Å². The zero-order chi connectivity index (χ0) is 29.1. The molecule has 0 aromatic heterocycles. The first-order valence-corrected chi connectivity index (χ1v) is 12.5. The molecule has 0 unspecified atom stereocenters. The molecule has 0 bridgehead atoms. The number of alkyl halides is 3. The van der Waals surface area contributed by atoms with Gasteiger partial charge in [-0.2, -0.15) is 13.2 Å². The number of nitrogens with zero attached hydrogens (tertiary/aromatic N) is 1. The standard InChI is InChI=1S/C16H13F3N2O4S.C5H12O.C3H7NO2/c17-16(18,19)11-2-1-3-13(8-11)26(23,24)21-6-7-25-15-5-4-12(20-10-22)9-14(15)21;1-5(2,3)6-4;1-3(5)4-6-2/h1-5,8-10H,6-7H2,(H,20,22);1-4H3;1-2H3,(H,4,5). The van der Waals surface area contributed by atoms with Crippen LogP contribution in [0.4, 0.5) is 24.5 Å². The van der Waals surface area contributed by atoms with E-state index in [-0.39, 0.29) is 36.1 Å². The Kier molecular flexibility index (Phi) is 12.0. The van der Waals surface area contributed by atoms with Crippen molar-refractivity contribution in [3.63, 3.8) is 0 Å². The van der Waals surface area contributed by atoms with Crippen molar-refractivity contribution in [2.45, 2.75) is 44.4 Å². The molecule has 0 aliphatic carbocycles. The molecule has 2 aromatic carbocycles. The molecule has 3 rings (SSSR count). The lowest BCUT2D eigenvalue weighted by molar-refractivity contribution is -0.137. The molecule has 10 nitrogen and oxygen atoms in total. The number of sulfonamides is 1. The van der Waals surface area contributed by atoms with Gasteiger partial charge in [0.1, 0.15) is 12.4 Å². The summed E-state index contributed by atoms with van der Waals surface area (Å²) in [6.07, 6.45) is -4.23. The van der Waals surface area contributed by atoms with Gasteiger partial charge < -0.3 is 14.8 Å². The van der Waals surface area contributed by atoms with Crippen molar-refractivity contribution >= 4 is 33.7 Å². The normalized spacial score (nSPS) is 12.9. The maximum atomic E-state index is 12.9. The minimum atomic E-state index is -4.66. The summed E-state index contributed by atoms with van der Waals surface area (Å²) in [7, 11) is -1.15. The average molecular weight is 564 g/mol. The SMILES string of the molecule is COC(C)(C)C.CONC(C)=O.O=CNc1ccc2c(c1)N(S(=O)(=O)c1cccc(C(F)(F)F)c1)CCO2. The third-order valence-corrected chi connectivity index (χ3v) is 6.42. The van der Waals surface area contributed by atoms with Crippen molar-refractivity contribution < 1.29 is 45.5 Å². The van der Waals surface area contributed by atoms with Gasteiger partial charge in [0, 0.05) is 19.7 Å². The third-order valence-electron chi connectivity index (χ3n) is 4.61. The molecular formula is C24H32F3N3O7S. The first kappa shape index (κ1) is 32.7. The molecule has 38 heavy (non-hydrogen) atoms. The van der Waals surface area contributed by atoms with Crippen molar-refractivity contribution in [1.82, 2.24) is 5.48 Å². The predicted molar refractivity (Wildman–Crippen MR) is 135 cm³/mol. The summed E-state index contributed by atoms with van der Waals surface area (Å²) in [6, 6.07) is 7.93. The van der Waals surface area contributed by atoms with Crippen LogP contribution in [0.25, 0.3) is 0 Å². The van der Waals surface area contributed by atoms with E-state index in [0.717, 1.165) is 22.5 Å². The van der Waals surface area contributed by atoms with E-state index in [2.05, 4.69) is 15.6 Å². The second kappa shape index (κ2) is 14.0. The minimum absolute atomic E-state index is 0.0417. The highest BCUT2D eigenvalue weighted by Crippen LogP contribution is 2.38. The Bertz CT molecular complexity index is 1180. The molecule has 2 N–H and O–H groups in total. The maximum absolute atomic E-state index is 12.9. The highest BCUT2D eigenvalue weighted by atomic mass is 32.2. The van der Waals surface area contributed by atoms with Gasteiger partial charge in [0.25, 0.3) is 10.0 Å². The van der Waals surface area contributed by atoms with Gasteiger partial charge in [-0.1, -0.05) is 6.07 Å². The van der Waals surface area contributed by atoms with Crippen molar-refractivity contribution in [3.8, 4) is 5.75 Å². The second-order valence-corrected chi connectivity index (χ2v) is 10.4. The van der Waals surface area contributed by atoms with Gasteiger partial charge in [-0.15, -0.1) is 0 Å². The highest BCUT2D eigenvalue weighted by Gasteiger charge is 2.34. The van der Waals surface area contributed by atoms with Crippen LogP contribution in [0.15, 0.2) is 47.4 Å². The lowest BCUT2D eigenvalue weighted by Gasteiger charge is -2.31. The van der Waals surface area contributed by atoms with E-state index in [1.165, 1.54) is 32.2 Å². The molecule has 1 aliphatic heterocycles. The number of benzene rings is 2. The van der Waals surface area contributed by atoms with Crippen LogP contribution in [0.5, 0.6) is 5.75 Å². The van der Waals surface area contributed by atoms with Crippen LogP contribution >= 0.6 is 0 Å². The average Bonchev–Trinajstić information content (AvgIpc) is 2.83. The molecule has 0 atom stereocenters. The van der Waals surface area contributed by atoms with E-state index in [0.29, 0.717) is 18.2 Å². The fourth-order valence-electron chi connectivity index (χ4n) is 2.70. The summed E-state index contributed by atoms with van der Waals surface area (Å²) in [6.45, 7) is 7.41. The summed E-state index contributed by atoms with van der Waals surface area (Å²) in [4.78, 5) is 24.1. The summed E-state index contributed by atoms with van der Waals surface area (Å²) >= 11 is 0. The summed E-state index contributed by atoms with van der Waals surface area (Å²) in [5, 5.41) is 2.39. The number of carbonyl (C=O) groups excluding carboxylic acids is 2. The smallest absolute Gasteiger partial charge is 0.416 e. The molecule has 212 valence electrons. The van der Waals surface area contributed by atoms with Crippen LogP contribution in [0.2, 0.25) is 0 Å². The van der Waals surface area contributed by atoms with Crippen molar-refractivity contribution in [3.05, 3.63) is 48.0 Å². The molecule has 0 spiro atoms. The number of hydrogen-bond acceptors (Lipinski definition) is 7. The van der Waals surface area contributed by atoms with Gasteiger partial charge in [-0.25, -0.2) is 13.9 Å². The van der Waals surface area contributed by atoms with E-state index in [4.69, 9.17) is 9.47 Å². The molecule has 1 heterocycles. The molecule has 0 fully saturated rings. The number of hydroxylamine groups is 1. The molecule has 0 saturated carbocycles. The summed E-state index contributed by atoms with van der Waals surface area (Å²) in [5.41, 5.74) is 1.53. The van der Waals surface area contributed by atoms with Crippen molar-refractivity contribution in [2.24, 2.45) is 0 Å². The lowest BCUT2D eigenvalue weighted by Crippen LogP contribution is -2.38. The molecular weight excluding hydrogens is 531 g/mol. The Morgan fingerprint density at radius 1 is 1.11 bits per heavy atom. The Balaban J connectivity index is 0.000000503. The fourth-order valence-corrected chi connectivity index (χ4v) is 4.20. The monoisotopic (exact) mass is 563 g/mol. The number of anilines is 2. The molecule has 0 radical (unpaired) electrons. The number of rotatable bonds is 5. The number of amides is 2. The largest absolute Gasteiger partial charge is 0.489 e. The topological polar surface area (TPSA) is 123 Å². The minimum Gasteiger partial charge on any atom is -0.489 e. The van der Waals surface area contributed by atoms with E-state index in [9.17, 15) is 31.2 Å². The molecule has 1 aliphatic rings. The van der Waals surface area contributed by atoms with Gasteiger partial charge in [0.05, 0.1) is 35.4 Å². The van der Waals surface area contributed by atoms with Crippen molar-refractivity contribution in [2.75, 3.05) is 37.0 Å². The molecule has 14 heteroatoms. The van der Waals surface area contributed by atoms with Gasteiger partial charge in [0.2, 0.25) is 12.3 Å². The predicted octanol–water partition coefficient (Wildman–Crippen LogP) is 3.98. The second-order valence-electron chi connectivity index (χ2n) is 8.57. The van der Waals surface area contributed by atoms with Crippen LogP contribution in [-0.4, -0.2) is 53.7 Å². The van der Waals surface area contributed by atoms with E-state index in [1.54, 1.807) is 7.11 Å². The zero-order valence-electron chi connectivity index (χ0n) is 21.9. The maximum Gasteiger partial charge on any atom is 0.416 e. The first-order chi connectivity index (χ1) is 17.6. The van der Waals surface area contributed by atoms with Gasteiger partial charge in [-0.05, 0) is 57.2 Å². The number of ether oxygens (including phenoxy) is 2. The quantitative estimate of drug-likeness (QED) is 0.417. The van der Waals surface area contributed by atoms with Gasteiger partial charge >= 0.3 is 6.18 Å². The van der Waals surface area contributed by atoms with Crippen LogP contribution in [0.1, 0.15) is 33.3 Å². The molecule has 0 saturated heterocycles. The summed E-state index contributed by atoms with van der Waals surface area (Å²) < 4.78 is 75.8. The number of methoxy groups -OCH3 is 1. The Hall–Kier alpha value is -3.36. The Morgan fingerprint density at radius 3 is 2.21 bits per heavy atom.